The molecule has 0 aromatic carbocycles. The molecule has 1 saturated carbocycles. The van der Waals surface area contributed by atoms with E-state index < -0.39 is 10.0 Å². The summed E-state index contributed by atoms with van der Waals surface area (Å²) in [7, 11) is -1.74. The van der Waals surface area contributed by atoms with Gasteiger partial charge in [0.2, 0.25) is 10.0 Å². The number of hydrogen-bond donors (Lipinski definition) is 2. The Morgan fingerprint density at radius 1 is 1.50 bits per heavy atom. The van der Waals surface area contributed by atoms with Crippen LogP contribution >= 0.6 is 0 Å². The first-order valence-electron chi connectivity index (χ1n) is 5.25. The second-order valence-electron chi connectivity index (χ2n) is 3.92. The summed E-state index contributed by atoms with van der Waals surface area (Å²) in [6.07, 6.45) is 5.16. The monoisotopic (exact) mass is 241 g/mol. The molecule has 0 saturated heterocycles. The topological polar surface area (TPSA) is 71.1 Å². The predicted octanol–water partition coefficient (Wildman–Crippen LogP) is 0.812. The van der Waals surface area contributed by atoms with Crippen molar-refractivity contribution in [2.75, 3.05) is 18.9 Å². The Balaban J connectivity index is 2.19. The Hall–Kier alpha value is -1.14. The molecule has 1 aliphatic carbocycles. The van der Waals surface area contributed by atoms with Crippen LogP contribution in [0, 0.1) is 5.92 Å². The Bertz CT molecular complexity index is 469. The fraction of sp³-hybridized carbons (Fsp3) is 0.500. The van der Waals surface area contributed by atoms with Crippen molar-refractivity contribution in [3.05, 3.63) is 18.5 Å². The Morgan fingerprint density at radius 3 is 2.88 bits per heavy atom. The minimum absolute atomic E-state index is 0.207. The van der Waals surface area contributed by atoms with Gasteiger partial charge in [0.05, 0.1) is 5.69 Å². The summed E-state index contributed by atoms with van der Waals surface area (Å²) in [6.45, 7) is 0.528. The van der Waals surface area contributed by atoms with Crippen molar-refractivity contribution in [3.63, 3.8) is 0 Å². The van der Waals surface area contributed by atoms with Gasteiger partial charge in [-0.3, -0.25) is 4.98 Å². The van der Waals surface area contributed by atoms with Gasteiger partial charge in [-0.2, -0.15) is 0 Å². The van der Waals surface area contributed by atoms with Crippen molar-refractivity contribution in [2.45, 2.75) is 17.7 Å². The quantitative estimate of drug-likeness (QED) is 0.800. The highest BCUT2D eigenvalue weighted by molar-refractivity contribution is 7.89. The summed E-state index contributed by atoms with van der Waals surface area (Å²) in [6, 6.07) is 1.64. The van der Waals surface area contributed by atoms with Gasteiger partial charge in [-0.05, 0) is 24.8 Å². The summed E-state index contributed by atoms with van der Waals surface area (Å²) in [4.78, 5) is 4.05. The average Bonchev–Trinajstić information content (AvgIpc) is 3.10. The highest BCUT2D eigenvalue weighted by Gasteiger charge is 2.25. The highest BCUT2D eigenvalue weighted by atomic mass is 32.2. The van der Waals surface area contributed by atoms with Gasteiger partial charge < -0.3 is 5.32 Å². The predicted molar refractivity (Wildman–Crippen MR) is 61.7 cm³/mol. The average molecular weight is 241 g/mol. The zero-order valence-corrected chi connectivity index (χ0v) is 9.92. The molecular weight excluding hydrogens is 226 g/mol. The molecule has 0 spiro atoms. The number of nitrogens with one attached hydrogen (secondary N) is 2. The van der Waals surface area contributed by atoms with Gasteiger partial charge in [-0.1, -0.05) is 0 Å². The molecule has 2 N–H and O–H groups in total. The summed E-state index contributed by atoms with van der Waals surface area (Å²) in [5.41, 5.74) is 0.568. The van der Waals surface area contributed by atoms with Gasteiger partial charge in [0, 0.05) is 26.0 Å². The van der Waals surface area contributed by atoms with E-state index in [2.05, 4.69) is 15.0 Å². The third kappa shape index (κ3) is 2.51. The van der Waals surface area contributed by atoms with Crippen LogP contribution in [-0.2, 0) is 10.0 Å². The molecular formula is C10H15N3O2S. The minimum atomic E-state index is -3.43. The van der Waals surface area contributed by atoms with E-state index in [-0.39, 0.29) is 4.90 Å². The zero-order chi connectivity index (χ0) is 11.6. The third-order valence-electron chi connectivity index (χ3n) is 2.60. The first kappa shape index (κ1) is 11.3. The molecule has 0 amide bonds. The van der Waals surface area contributed by atoms with Gasteiger partial charge in [-0.25, -0.2) is 13.1 Å². The van der Waals surface area contributed by atoms with Crippen LogP contribution < -0.4 is 10.0 Å². The maximum Gasteiger partial charge on any atom is 0.244 e. The van der Waals surface area contributed by atoms with Gasteiger partial charge >= 0.3 is 0 Å². The lowest BCUT2D eigenvalue weighted by atomic mass is 10.4. The largest absolute Gasteiger partial charge is 0.387 e. The zero-order valence-electron chi connectivity index (χ0n) is 9.10. The van der Waals surface area contributed by atoms with Gasteiger partial charge in [0.25, 0.3) is 0 Å². The fourth-order valence-electron chi connectivity index (χ4n) is 1.43. The number of anilines is 1. The maximum atomic E-state index is 12.0. The van der Waals surface area contributed by atoms with Crippen LogP contribution in [0.5, 0.6) is 0 Å². The van der Waals surface area contributed by atoms with Crippen LogP contribution in [0.2, 0.25) is 0 Å². The number of rotatable bonds is 5. The highest BCUT2D eigenvalue weighted by Crippen LogP contribution is 2.28. The molecule has 88 valence electrons. The first-order chi connectivity index (χ1) is 7.63. The van der Waals surface area contributed by atoms with E-state index in [4.69, 9.17) is 0 Å². The van der Waals surface area contributed by atoms with E-state index in [1.165, 1.54) is 6.20 Å². The molecule has 0 radical (unpaired) electrons. The van der Waals surface area contributed by atoms with E-state index in [1.807, 2.05) is 0 Å². The number of nitrogens with zero attached hydrogens (tertiary/aromatic N) is 1. The summed E-state index contributed by atoms with van der Waals surface area (Å²) in [5, 5.41) is 2.85. The van der Waals surface area contributed by atoms with Gasteiger partial charge in [-0.15, -0.1) is 0 Å². The molecule has 5 nitrogen and oxygen atoms in total. The van der Waals surface area contributed by atoms with Crippen LogP contribution in [0.25, 0.3) is 0 Å². The number of aromatic nitrogens is 1. The lowest BCUT2D eigenvalue weighted by Crippen LogP contribution is -2.26. The van der Waals surface area contributed by atoms with Crippen molar-refractivity contribution in [1.29, 1.82) is 0 Å². The van der Waals surface area contributed by atoms with Crippen LogP contribution in [0.4, 0.5) is 5.69 Å². The van der Waals surface area contributed by atoms with Crippen molar-refractivity contribution < 1.29 is 8.42 Å². The molecule has 1 aliphatic rings. The second kappa shape index (κ2) is 4.39. The first-order valence-corrected chi connectivity index (χ1v) is 6.73. The number of sulfonamides is 1. The molecule has 0 bridgehead atoms. The van der Waals surface area contributed by atoms with E-state index >= 15 is 0 Å². The Labute approximate surface area is 95.3 Å². The van der Waals surface area contributed by atoms with E-state index in [0.717, 1.165) is 12.8 Å². The van der Waals surface area contributed by atoms with Crippen LogP contribution in [0.15, 0.2) is 23.4 Å². The summed E-state index contributed by atoms with van der Waals surface area (Å²) >= 11 is 0. The second-order valence-corrected chi connectivity index (χ2v) is 5.65. The molecule has 1 fully saturated rings. The lowest BCUT2D eigenvalue weighted by molar-refractivity contribution is 0.577. The molecule has 2 rings (SSSR count). The van der Waals surface area contributed by atoms with Gasteiger partial charge in [0.15, 0.2) is 0 Å². The van der Waals surface area contributed by atoms with Crippen molar-refractivity contribution >= 4 is 15.7 Å². The van der Waals surface area contributed by atoms with Crippen molar-refractivity contribution in [3.8, 4) is 0 Å². The fourth-order valence-corrected chi connectivity index (χ4v) is 2.70. The molecule has 1 heterocycles. The molecule has 16 heavy (non-hydrogen) atoms. The summed E-state index contributed by atoms with van der Waals surface area (Å²) in [5.74, 6) is 0.518. The van der Waals surface area contributed by atoms with Crippen LogP contribution in [0.3, 0.4) is 0 Å². The molecule has 0 unspecified atom stereocenters. The normalized spacial score (nSPS) is 16.1. The molecule has 0 atom stereocenters. The standard InChI is InChI=1S/C10H15N3O2S/c1-11-9-4-5-12-7-10(9)16(14,15)13-6-8-2-3-8/h4-5,7-8,13H,2-3,6H2,1H3,(H,11,12). The number of hydrogen-bond acceptors (Lipinski definition) is 4. The Morgan fingerprint density at radius 2 is 2.25 bits per heavy atom. The van der Waals surface area contributed by atoms with Crippen molar-refractivity contribution in [1.82, 2.24) is 9.71 Å². The maximum absolute atomic E-state index is 12.0. The Kier molecular flexibility index (Phi) is 3.11. The minimum Gasteiger partial charge on any atom is -0.387 e. The number of pyridine rings is 1. The van der Waals surface area contributed by atoms with E-state index in [0.29, 0.717) is 18.2 Å². The SMILES string of the molecule is CNc1ccncc1S(=O)(=O)NCC1CC1. The van der Waals surface area contributed by atoms with Crippen molar-refractivity contribution in [2.24, 2.45) is 5.92 Å². The third-order valence-corrected chi connectivity index (χ3v) is 4.05. The molecule has 1 aromatic heterocycles. The van der Waals surface area contributed by atoms with Crippen LogP contribution in [-0.4, -0.2) is 27.0 Å². The van der Waals surface area contributed by atoms with E-state index in [1.54, 1.807) is 19.3 Å². The smallest absolute Gasteiger partial charge is 0.244 e. The van der Waals surface area contributed by atoms with Gasteiger partial charge in [0.1, 0.15) is 4.90 Å². The molecule has 6 heteroatoms. The lowest BCUT2D eigenvalue weighted by Gasteiger charge is -2.09. The molecule has 1 aromatic rings. The summed E-state index contributed by atoms with van der Waals surface area (Å²) < 4.78 is 26.5. The van der Waals surface area contributed by atoms with Crippen LogP contribution in [0.1, 0.15) is 12.8 Å². The van der Waals surface area contributed by atoms with E-state index in [9.17, 15) is 8.42 Å². The molecule has 0 aliphatic heterocycles.